The first-order valence-electron chi connectivity index (χ1n) is 8.07. The van der Waals surface area contributed by atoms with Crippen LogP contribution in [0.15, 0.2) is 18.2 Å². The second-order valence-corrected chi connectivity index (χ2v) is 6.76. The maximum Gasteiger partial charge on any atom is 0.410 e. The summed E-state index contributed by atoms with van der Waals surface area (Å²) in [6.07, 6.45) is -0.232. The molecule has 0 radical (unpaired) electrons. The van der Waals surface area contributed by atoms with Gasteiger partial charge in [-0.3, -0.25) is 0 Å². The van der Waals surface area contributed by atoms with E-state index in [9.17, 15) is 4.79 Å². The molecule has 6 nitrogen and oxygen atoms in total. The van der Waals surface area contributed by atoms with Crippen LogP contribution in [0.3, 0.4) is 0 Å². The monoisotopic (exact) mass is 320 g/mol. The van der Waals surface area contributed by atoms with E-state index in [-0.39, 0.29) is 6.09 Å². The van der Waals surface area contributed by atoms with E-state index in [0.717, 1.165) is 30.0 Å². The predicted molar refractivity (Wildman–Crippen MR) is 93.9 cm³/mol. The zero-order valence-corrected chi connectivity index (χ0v) is 14.6. The summed E-state index contributed by atoms with van der Waals surface area (Å²) in [4.78, 5) is 16.2. The highest BCUT2D eigenvalue weighted by Gasteiger charge is 2.26. The summed E-state index contributed by atoms with van der Waals surface area (Å²) in [7, 11) is 1.91. The molecule has 6 heteroatoms. The van der Waals surface area contributed by atoms with E-state index in [4.69, 9.17) is 10.5 Å². The van der Waals surface area contributed by atoms with E-state index < -0.39 is 5.60 Å². The number of hydrogen-bond donors (Lipinski definition) is 2. The Morgan fingerprint density at radius 1 is 1.26 bits per heavy atom. The minimum absolute atomic E-state index is 0.232. The number of piperazine rings is 1. The van der Waals surface area contributed by atoms with Crippen LogP contribution in [0, 0.1) is 0 Å². The molecule has 1 saturated heterocycles. The molecule has 0 atom stereocenters. The fraction of sp³-hybridized carbons (Fsp3) is 0.588. The van der Waals surface area contributed by atoms with Gasteiger partial charge in [-0.1, -0.05) is 6.07 Å². The lowest BCUT2D eigenvalue weighted by atomic mass is 10.1. The standard InChI is InChI=1S/C17H28N4O2/c1-17(2,3)23-16(22)21-9-7-20(8-10-21)15-6-5-13(12-18)11-14(15)19-4/h5-6,11,19H,7-10,12,18H2,1-4H3. The average molecular weight is 320 g/mol. The zero-order chi connectivity index (χ0) is 17.0. The van der Waals surface area contributed by atoms with Crippen molar-refractivity contribution in [3.63, 3.8) is 0 Å². The lowest BCUT2D eigenvalue weighted by molar-refractivity contribution is 0.0240. The van der Waals surface area contributed by atoms with Gasteiger partial charge in [0, 0.05) is 39.8 Å². The van der Waals surface area contributed by atoms with Gasteiger partial charge in [-0.05, 0) is 38.5 Å². The Morgan fingerprint density at radius 2 is 1.91 bits per heavy atom. The molecule has 0 aromatic heterocycles. The summed E-state index contributed by atoms with van der Waals surface area (Å²) in [5.41, 5.74) is 8.57. The van der Waals surface area contributed by atoms with Crippen molar-refractivity contribution in [1.29, 1.82) is 0 Å². The molecule has 1 aliphatic heterocycles. The first-order valence-corrected chi connectivity index (χ1v) is 8.07. The highest BCUT2D eigenvalue weighted by Crippen LogP contribution is 2.28. The third kappa shape index (κ3) is 4.51. The largest absolute Gasteiger partial charge is 0.444 e. The number of amides is 1. The number of rotatable bonds is 3. The number of nitrogens with two attached hydrogens (primary N) is 1. The number of ether oxygens (including phenoxy) is 1. The number of nitrogens with one attached hydrogen (secondary N) is 1. The zero-order valence-electron chi connectivity index (χ0n) is 14.6. The van der Waals surface area contributed by atoms with Gasteiger partial charge in [-0.25, -0.2) is 4.79 Å². The number of anilines is 2. The van der Waals surface area contributed by atoms with Crippen molar-refractivity contribution in [2.75, 3.05) is 43.4 Å². The maximum absolute atomic E-state index is 12.1. The van der Waals surface area contributed by atoms with Crippen LogP contribution < -0.4 is 16.0 Å². The van der Waals surface area contributed by atoms with Gasteiger partial charge >= 0.3 is 6.09 Å². The van der Waals surface area contributed by atoms with Crippen LogP contribution in [0.1, 0.15) is 26.3 Å². The van der Waals surface area contributed by atoms with Gasteiger partial charge in [0.1, 0.15) is 5.60 Å². The van der Waals surface area contributed by atoms with Gasteiger partial charge in [0.2, 0.25) is 0 Å². The fourth-order valence-corrected chi connectivity index (χ4v) is 2.64. The molecule has 1 aromatic rings. The minimum Gasteiger partial charge on any atom is -0.444 e. The topological polar surface area (TPSA) is 70.8 Å². The molecule has 0 saturated carbocycles. The Labute approximate surface area is 138 Å². The van der Waals surface area contributed by atoms with Gasteiger partial charge in [-0.2, -0.15) is 0 Å². The number of nitrogens with zero attached hydrogens (tertiary/aromatic N) is 2. The van der Waals surface area contributed by atoms with E-state index in [1.165, 1.54) is 0 Å². The van der Waals surface area contributed by atoms with Crippen LogP contribution in [-0.2, 0) is 11.3 Å². The Kier molecular flexibility index (Phi) is 5.36. The molecule has 0 spiro atoms. The highest BCUT2D eigenvalue weighted by atomic mass is 16.6. The van der Waals surface area contributed by atoms with Crippen molar-refractivity contribution >= 4 is 17.5 Å². The first kappa shape index (κ1) is 17.4. The summed E-state index contributed by atoms with van der Waals surface area (Å²) in [6.45, 7) is 9.10. The van der Waals surface area contributed by atoms with Crippen LogP contribution in [0.2, 0.25) is 0 Å². The van der Waals surface area contributed by atoms with Gasteiger partial charge < -0.3 is 25.6 Å². The molecule has 1 amide bonds. The summed E-state index contributed by atoms with van der Waals surface area (Å²) < 4.78 is 5.44. The molecule has 0 bridgehead atoms. The van der Waals surface area contributed by atoms with Crippen molar-refractivity contribution in [3.05, 3.63) is 23.8 Å². The quantitative estimate of drug-likeness (QED) is 0.894. The summed E-state index contributed by atoms with van der Waals surface area (Å²) in [6, 6.07) is 6.23. The Balaban J connectivity index is 2.00. The van der Waals surface area contributed by atoms with Gasteiger partial charge in [-0.15, -0.1) is 0 Å². The molecule has 128 valence electrons. The molecule has 1 fully saturated rings. The number of benzene rings is 1. The molecule has 0 unspecified atom stereocenters. The number of hydrogen-bond acceptors (Lipinski definition) is 5. The second kappa shape index (κ2) is 7.08. The van der Waals surface area contributed by atoms with Gasteiger partial charge in [0.25, 0.3) is 0 Å². The minimum atomic E-state index is -0.453. The lowest BCUT2D eigenvalue weighted by Gasteiger charge is -2.37. The molecule has 1 aliphatic rings. The van der Waals surface area contributed by atoms with Crippen LogP contribution in [0.4, 0.5) is 16.2 Å². The van der Waals surface area contributed by atoms with Crippen LogP contribution >= 0.6 is 0 Å². The van der Waals surface area contributed by atoms with Crippen molar-refractivity contribution in [3.8, 4) is 0 Å². The molecular weight excluding hydrogens is 292 g/mol. The summed E-state index contributed by atoms with van der Waals surface area (Å²) in [5, 5.41) is 3.23. The van der Waals surface area contributed by atoms with E-state index in [1.807, 2.05) is 27.8 Å². The third-order valence-electron chi connectivity index (χ3n) is 3.84. The molecule has 1 aromatic carbocycles. The van der Waals surface area contributed by atoms with Gasteiger partial charge in [0.05, 0.1) is 11.4 Å². The fourth-order valence-electron chi connectivity index (χ4n) is 2.64. The Bertz CT molecular complexity index is 546. The van der Waals surface area contributed by atoms with E-state index in [2.05, 4.69) is 28.4 Å². The van der Waals surface area contributed by atoms with E-state index in [1.54, 1.807) is 4.90 Å². The van der Waals surface area contributed by atoms with Crippen molar-refractivity contribution in [2.45, 2.75) is 32.9 Å². The maximum atomic E-state index is 12.1. The normalized spacial score (nSPS) is 15.5. The highest BCUT2D eigenvalue weighted by molar-refractivity contribution is 5.72. The van der Waals surface area contributed by atoms with Crippen molar-refractivity contribution in [1.82, 2.24) is 4.90 Å². The van der Waals surface area contributed by atoms with E-state index in [0.29, 0.717) is 19.6 Å². The van der Waals surface area contributed by atoms with Crippen LogP contribution in [0.25, 0.3) is 0 Å². The Hall–Kier alpha value is -1.95. The summed E-state index contributed by atoms with van der Waals surface area (Å²) in [5.74, 6) is 0. The average Bonchev–Trinajstić information content (AvgIpc) is 2.52. The predicted octanol–water partition coefficient (Wildman–Crippen LogP) is 2.24. The molecule has 2 rings (SSSR count). The van der Waals surface area contributed by atoms with Crippen molar-refractivity contribution in [2.24, 2.45) is 5.73 Å². The first-order chi connectivity index (χ1) is 10.8. The number of carbonyl (C=O) groups excluding carboxylic acids is 1. The SMILES string of the molecule is CNc1cc(CN)ccc1N1CCN(C(=O)OC(C)(C)C)CC1. The van der Waals surface area contributed by atoms with E-state index >= 15 is 0 Å². The van der Waals surface area contributed by atoms with Gasteiger partial charge in [0.15, 0.2) is 0 Å². The molecular formula is C17H28N4O2. The third-order valence-corrected chi connectivity index (χ3v) is 3.84. The lowest BCUT2D eigenvalue weighted by Crippen LogP contribution is -2.50. The molecule has 0 aliphatic carbocycles. The molecule has 23 heavy (non-hydrogen) atoms. The smallest absolute Gasteiger partial charge is 0.410 e. The number of carbonyl (C=O) groups is 1. The molecule has 3 N–H and O–H groups in total. The Morgan fingerprint density at radius 3 is 2.43 bits per heavy atom. The van der Waals surface area contributed by atoms with Crippen molar-refractivity contribution < 1.29 is 9.53 Å². The summed E-state index contributed by atoms with van der Waals surface area (Å²) >= 11 is 0. The molecule has 1 heterocycles. The van der Waals surface area contributed by atoms with Crippen LogP contribution in [0.5, 0.6) is 0 Å². The van der Waals surface area contributed by atoms with Crippen LogP contribution in [-0.4, -0.2) is 49.8 Å². The second-order valence-electron chi connectivity index (χ2n) is 6.76.